The van der Waals surface area contributed by atoms with Crippen molar-refractivity contribution in [2.75, 3.05) is 13.1 Å². The summed E-state index contributed by atoms with van der Waals surface area (Å²) in [6.07, 6.45) is 9.97. The molecule has 0 unspecified atom stereocenters. The smallest absolute Gasteiger partial charge is 0.228 e. The zero-order valence-corrected chi connectivity index (χ0v) is 19.0. The zero-order chi connectivity index (χ0) is 22.4. The summed E-state index contributed by atoms with van der Waals surface area (Å²) in [5.41, 5.74) is 4.21. The van der Waals surface area contributed by atoms with Gasteiger partial charge < -0.3 is 5.32 Å². The van der Waals surface area contributed by atoms with Crippen molar-refractivity contribution >= 4 is 5.91 Å². The van der Waals surface area contributed by atoms with Gasteiger partial charge in [0.25, 0.3) is 0 Å². The van der Waals surface area contributed by atoms with Crippen molar-refractivity contribution in [3.05, 3.63) is 84.4 Å². The van der Waals surface area contributed by atoms with E-state index >= 15 is 0 Å². The maximum Gasteiger partial charge on any atom is 0.228 e. The molecule has 2 aromatic heterocycles. The molecule has 1 aliphatic rings. The molecule has 3 aromatic rings. The third kappa shape index (κ3) is 5.22. The van der Waals surface area contributed by atoms with Crippen LogP contribution in [0.15, 0.2) is 73.3 Å². The molecule has 1 saturated heterocycles. The number of carbonyl (C=O) groups is 1. The Bertz CT molecular complexity index is 1020. The number of pyridine rings is 2. The molecule has 5 nitrogen and oxygen atoms in total. The van der Waals surface area contributed by atoms with Crippen molar-refractivity contribution < 1.29 is 4.79 Å². The van der Waals surface area contributed by atoms with Crippen molar-refractivity contribution in [1.82, 2.24) is 20.2 Å². The average molecular weight is 429 g/mol. The number of benzene rings is 1. The Kier molecular flexibility index (Phi) is 6.96. The summed E-state index contributed by atoms with van der Waals surface area (Å²) in [7, 11) is 0. The second-order valence-corrected chi connectivity index (χ2v) is 9.15. The molecule has 1 amide bonds. The number of aromatic nitrogens is 2. The van der Waals surface area contributed by atoms with E-state index in [2.05, 4.69) is 62.6 Å². The van der Waals surface area contributed by atoms with E-state index in [0.29, 0.717) is 6.42 Å². The molecule has 1 fully saturated rings. The fraction of sp³-hybridized carbons (Fsp3) is 0.370. The van der Waals surface area contributed by atoms with E-state index in [1.807, 2.05) is 38.5 Å². The normalized spacial score (nSPS) is 19.1. The van der Waals surface area contributed by atoms with Crippen LogP contribution in [0.3, 0.4) is 0 Å². The van der Waals surface area contributed by atoms with Crippen molar-refractivity contribution in [2.45, 2.75) is 45.7 Å². The van der Waals surface area contributed by atoms with Crippen LogP contribution in [0.4, 0.5) is 0 Å². The molecular formula is C27H32N4O. The van der Waals surface area contributed by atoms with Crippen LogP contribution in [-0.2, 0) is 17.8 Å². The molecule has 166 valence electrons. The first kappa shape index (κ1) is 22.2. The van der Waals surface area contributed by atoms with E-state index in [0.717, 1.165) is 43.6 Å². The molecule has 1 N–H and O–H groups in total. The number of hydrogen-bond donors (Lipinski definition) is 1. The van der Waals surface area contributed by atoms with Gasteiger partial charge in [-0.3, -0.25) is 19.7 Å². The third-order valence-corrected chi connectivity index (χ3v) is 6.23. The highest BCUT2D eigenvalue weighted by atomic mass is 16.2. The summed E-state index contributed by atoms with van der Waals surface area (Å²) in [5.74, 6) is 0.160. The molecule has 5 heteroatoms. The molecule has 0 saturated carbocycles. The quantitative estimate of drug-likeness (QED) is 0.602. The molecule has 0 aliphatic carbocycles. The second kappa shape index (κ2) is 10.0. The van der Waals surface area contributed by atoms with Crippen molar-refractivity contribution in [3.63, 3.8) is 0 Å². The van der Waals surface area contributed by atoms with Crippen LogP contribution in [0.25, 0.3) is 11.1 Å². The highest BCUT2D eigenvalue weighted by Gasteiger charge is 2.42. The van der Waals surface area contributed by atoms with Gasteiger partial charge in [0, 0.05) is 49.5 Å². The number of hydrogen-bond acceptors (Lipinski definition) is 4. The van der Waals surface area contributed by atoms with Crippen LogP contribution in [0.2, 0.25) is 0 Å². The van der Waals surface area contributed by atoms with Gasteiger partial charge in [0.2, 0.25) is 5.91 Å². The van der Waals surface area contributed by atoms with Gasteiger partial charge in [-0.05, 0) is 74.5 Å². The maximum atomic E-state index is 13.6. The SMILES string of the molecule is CC(C)NC(=O)[C@@]1(Cc2ccccc2-c2cccnc2)CCCN(Cc2ccncc2)C1. The summed E-state index contributed by atoms with van der Waals surface area (Å²) in [6.45, 7) is 6.65. The van der Waals surface area contributed by atoms with E-state index in [9.17, 15) is 4.79 Å². The number of rotatable bonds is 7. The largest absolute Gasteiger partial charge is 0.353 e. The number of likely N-dealkylation sites (tertiary alicyclic amines) is 1. The lowest BCUT2D eigenvalue weighted by molar-refractivity contribution is -0.135. The van der Waals surface area contributed by atoms with Crippen LogP contribution in [0.1, 0.15) is 37.8 Å². The maximum absolute atomic E-state index is 13.6. The molecule has 32 heavy (non-hydrogen) atoms. The van der Waals surface area contributed by atoms with E-state index in [1.165, 1.54) is 11.1 Å². The van der Waals surface area contributed by atoms with E-state index in [4.69, 9.17) is 0 Å². The summed E-state index contributed by atoms with van der Waals surface area (Å²) >= 11 is 0. The third-order valence-electron chi connectivity index (χ3n) is 6.23. The van der Waals surface area contributed by atoms with Gasteiger partial charge in [-0.25, -0.2) is 0 Å². The van der Waals surface area contributed by atoms with Gasteiger partial charge >= 0.3 is 0 Å². The Balaban J connectivity index is 1.65. The molecule has 4 rings (SSSR count). The average Bonchev–Trinajstić information content (AvgIpc) is 2.80. The van der Waals surface area contributed by atoms with E-state index in [1.54, 1.807) is 6.20 Å². The first-order chi connectivity index (χ1) is 15.6. The Hall–Kier alpha value is -3.05. The Morgan fingerprint density at radius 2 is 1.88 bits per heavy atom. The molecule has 0 radical (unpaired) electrons. The first-order valence-corrected chi connectivity index (χ1v) is 11.5. The minimum atomic E-state index is -0.464. The Labute approximate surface area is 190 Å². The molecule has 3 heterocycles. The molecule has 1 atom stereocenters. The number of amides is 1. The lowest BCUT2D eigenvalue weighted by Gasteiger charge is -2.42. The topological polar surface area (TPSA) is 58.1 Å². The summed E-state index contributed by atoms with van der Waals surface area (Å²) < 4.78 is 0. The molecular weight excluding hydrogens is 396 g/mol. The van der Waals surface area contributed by atoms with E-state index in [-0.39, 0.29) is 11.9 Å². The Morgan fingerprint density at radius 1 is 1.06 bits per heavy atom. The summed E-state index contributed by atoms with van der Waals surface area (Å²) in [5, 5.41) is 3.23. The van der Waals surface area contributed by atoms with Crippen LogP contribution >= 0.6 is 0 Å². The van der Waals surface area contributed by atoms with Gasteiger partial charge in [0.05, 0.1) is 5.41 Å². The lowest BCUT2D eigenvalue weighted by atomic mass is 9.73. The van der Waals surface area contributed by atoms with Crippen molar-refractivity contribution in [2.24, 2.45) is 5.41 Å². The Morgan fingerprint density at radius 3 is 2.62 bits per heavy atom. The number of piperidine rings is 1. The fourth-order valence-corrected chi connectivity index (χ4v) is 4.78. The van der Waals surface area contributed by atoms with Crippen molar-refractivity contribution in [1.29, 1.82) is 0 Å². The minimum absolute atomic E-state index is 0.114. The number of nitrogens with one attached hydrogen (secondary N) is 1. The highest BCUT2D eigenvalue weighted by molar-refractivity contribution is 5.84. The summed E-state index contributed by atoms with van der Waals surface area (Å²) in [4.78, 5) is 24.5. The fourth-order valence-electron chi connectivity index (χ4n) is 4.78. The monoisotopic (exact) mass is 428 g/mol. The van der Waals surface area contributed by atoms with Gasteiger partial charge in [-0.1, -0.05) is 30.3 Å². The highest BCUT2D eigenvalue weighted by Crippen LogP contribution is 2.37. The van der Waals surface area contributed by atoms with Crippen LogP contribution in [0, 0.1) is 5.41 Å². The molecule has 0 spiro atoms. The predicted molar refractivity (Wildman–Crippen MR) is 128 cm³/mol. The molecule has 1 aromatic carbocycles. The van der Waals surface area contributed by atoms with Gasteiger partial charge in [0.15, 0.2) is 0 Å². The predicted octanol–water partition coefficient (Wildman–Crippen LogP) is 4.49. The van der Waals surface area contributed by atoms with Gasteiger partial charge in [0.1, 0.15) is 0 Å². The van der Waals surface area contributed by atoms with Crippen molar-refractivity contribution in [3.8, 4) is 11.1 Å². The first-order valence-electron chi connectivity index (χ1n) is 11.5. The standard InChI is InChI=1S/C27H32N4O/c1-21(2)30-26(32)27(12-6-16-31(20-27)19-22-10-14-28-15-11-22)17-23-7-3-4-9-25(23)24-8-5-13-29-18-24/h3-5,7-11,13-15,18,21H,6,12,16-17,19-20H2,1-2H3,(H,30,32)/t27-/m1/s1. The van der Waals surface area contributed by atoms with Crippen LogP contribution in [0.5, 0.6) is 0 Å². The van der Waals surface area contributed by atoms with Crippen LogP contribution in [-0.4, -0.2) is 39.9 Å². The van der Waals surface area contributed by atoms with Gasteiger partial charge in [-0.2, -0.15) is 0 Å². The second-order valence-electron chi connectivity index (χ2n) is 9.15. The number of carbonyl (C=O) groups excluding carboxylic acids is 1. The molecule has 1 aliphatic heterocycles. The molecule has 0 bridgehead atoms. The van der Waals surface area contributed by atoms with Crippen LogP contribution < -0.4 is 5.32 Å². The lowest BCUT2D eigenvalue weighted by Crippen LogP contribution is -2.54. The zero-order valence-electron chi connectivity index (χ0n) is 19.0. The summed E-state index contributed by atoms with van der Waals surface area (Å²) in [6, 6.07) is 16.7. The number of nitrogens with zero attached hydrogens (tertiary/aromatic N) is 3. The van der Waals surface area contributed by atoms with E-state index < -0.39 is 5.41 Å². The van der Waals surface area contributed by atoms with Gasteiger partial charge in [-0.15, -0.1) is 0 Å². The minimum Gasteiger partial charge on any atom is -0.353 e.